The van der Waals surface area contributed by atoms with E-state index in [0.717, 1.165) is 42.7 Å². The van der Waals surface area contributed by atoms with E-state index in [9.17, 15) is 27.6 Å². The van der Waals surface area contributed by atoms with Crippen LogP contribution in [-0.4, -0.2) is 42.4 Å². The van der Waals surface area contributed by atoms with Crippen molar-refractivity contribution in [2.75, 3.05) is 19.7 Å². The molecule has 0 saturated carbocycles. The van der Waals surface area contributed by atoms with Gasteiger partial charge in [-0.3, -0.25) is 14.4 Å². The van der Waals surface area contributed by atoms with Crippen molar-refractivity contribution in [1.82, 2.24) is 10.2 Å². The molecule has 1 atom stereocenters. The van der Waals surface area contributed by atoms with Gasteiger partial charge in [0.1, 0.15) is 0 Å². The Morgan fingerprint density at radius 2 is 1.66 bits per heavy atom. The highest BCUT2D eigenvalue weighted by Crippen LogP contribution is 2.29. The second-order valence-corrected chi connectivity index (χ2v) is 8.57. The number of likely N-dealkylation sites (tertiary alicyclic amines) is 1. The van der Waals surface area contributed by atoms with Gasteiger partial charge in [0, 0.05) is 18.7 Å². The summed E-state index contributed by atoms with van der Waals surface area (Å²) in [6, 6.07) is 13.5. The Kier molecular flexibility index (Phi) is 8.89. The summed E-state index contributed by atoms with van der Waals surface area (Å²) in [7, 11) is 0. The third-order valence-corrected chi connectivity index (χ3v) is 6.03. The maximum Gasteiger partial charge on any atom is 0.416 e. The molecule has 3 rings (SSSR count). The first-order valence-electron chi connectivity index (χ1n) is 11.7. The molecule has 1 heterocycles. The van der Waals surface area contributed by atoms with E-state index in [0.29, 0.717) is 12.8 Å². The quantitative estimate of drug-likeness (QED) is 0.542. The first-order valence-corrected chi connectivity index (χ1v) is 11.7. The molecule has 2 amide bonds. The second kappa shape index (κ2) is 11.9. The molecule has 188 valence electrons. The van der Waals surface area contributed by atoms with Crippen LogP contribution in [0.3, 0.4) is 0 Å². The zero-order chi connectivity index (χ0) is 25.4. The summed E-state index contributed by atoms with van der Waals surface area (Å²) in [6.45, 7) is 2.20. The number of rotatable bonds is 8. The van der Waals surface area contributed by atoms with Gasteiger partial charge < -0.3 is 15.0 Å². The van der Waals surface area contributed by atoms with Gasteiger partial charge in [-0.25, -0.2) is 0 Å². The molecule has 0 bridgehead atoms. The van der Waals surface area contributed by atoms with Crippen LogP contribution < -0.4 is 5.32 Å². The summed E-state index contributed by atoms with van der Waals surface area (Å²) in [5.74, 6) is -1.70. The lowest BCUT2D eigenvalue weighted by molar-refractivity contribution is -0.154. The number of hydrogen-bond donors (Lipinski definition) is 1. The monoisotopic (exact) mass is 490 g/mol. The predicted molar refractivity (Wildman–Crippen MR) is 123 cm³/mol. The maximum atomic E-state index is 12.7. The Labute approximate surface area is 202 Å². The summed E-state index contributed by atoms with van der Waals surface area (Å²) < 4.78 is 43.4. The molecule has 0 aromatic heterocycles. The van der Waals surface area contributed by atoms with Crippen LogP contribution in [0.25, 0.3) is 0 Å². The van der Waals surface area contributed by atoms with E-state index in [2.05, 4.69) is 5.32 Å². The lowest BCUT2D eigenvalue weighted by atomic mass is 9.96. The first kappa shape index (κ1) is 26.2. The predicted octanol–water partition coefficient (Wildman–Crippen LogP) is 4.76. The molecule has 1 aliphatic heterocycles. The van der Waals surface area contributed by atoms with Gasteiger partial charge in [-0.05, 0) is 49.1 Å². The van der Waals surface area contributed by atoms with Crippen LogP contribution >= 0.6 is 0 Å². The number of piperidine rings is 1. The van der Waals surface area contributed by atoms with E-state index in [1.807, 2.05) is 37.3 Å². The van der Waals surface area contributed by atoms with Crippen molar-refractivity contribution in [3.05, 3.63) is 71.3 Å². The van der Waals surface area contributed by atoms with Crippen molar-refractivity contribution in [3.8, 4) is 0 Å². The molecule has 1 aliphatic rings. The maximum absolute atomic E-state index is 12.7. The van der Waals surface area contributed by atoms with Gasteiger partial charge in [-0.15, -0.1) is 0 Å². The van der Waals surface area contributed by atoms with Crippen LogP contribution in [0.1, 0.15) is 60.1 Å². The zero-order valence-corrected chi connectivity index (χ0v) is 19.5. The lowest BCUT2D eigenvalue weighted by Gasteiger charge is -2.31. The van der Waals surface area contributed by atoms with E-state index in [1.165, 1.54) is 4.90 Å². The molecule has 0 aliphatic carbocycles. The lowest BCUT2D eigenvalue weighted by Crippen LogP contribution is -2.41. The molecule has 1 fully saturated rings. The number of esters is 1. The van der Waals surface area contributed by atoms with Gasteiger partial charge >= 0.3 is 12.1 Å². The minimum Gasteiger partial charge on any atom is -0.455 e. The van der Waals surface area contributed by atoms with Gasteiger partial charge in [0.15, 0.2) is 6.61 Å². The van der Waals surface area contributed by atoms with E-state index < -0.39 is 23.6 Å². The zero-order valence-electron chi connectivity index (χ0n) is 19.5. The number of amides is 2. The fourth-order valence-corrected chi connectivity index (χ4v) is 4.09. The fraction of sp³-hybridized carbons (Fsp3) is 0.423. The molecule has 6 nitrogen and oxygen atoms in total. The van der Waals surface area contributed by atoms with Crippen molar-refractivity contribution in [2.24, 2.45) is 5.92 Å². The molecular weight excluding hydrogens is 461 g/mol. The van der Waals surface area contributed by atoms with E-state index in [1.54, 1.807) is 0 Å². The third-order valence-electron chi connectivity index (χ3n) is 6.03. The average molecular weight is 491 g/mol. The molecule has 1 saturated heterocycles. The van der Waals surface area contributed by atoms with Crippen molar-refractivity contribution in [1.29, 1.82) is 0 Å². The number of halogens is 3. The largest absolute Gasteiger partial charge is 0.455 e. The van der Waals surface area contributed by atoms with Gasteiger partial charge in [0.05, 0.1) is 17.5 Å². The molecule has 0 radical (unpaired) electrons. The van der Waals surface area contributed by atoms with Crippen molar-refractivity contribution >= 4 is 17.8 Å². The highest BCUT2D eigenvalue weighted by atomic mass is 19.4. The molecular formula is C26H29F3N2O4. The molecule has 1 N–H and O–H groups in total. The number of hydrogen-bond acceptors (Lipinski definition) is 4. The number of carbonyl (C=O) groups is 3. The summed E-state index contributed by atoms with van der Waals surface area (Å²) in [5, 5.41) is 2.91. The molecule has 35 heavy (non-hydrogen) atoms. The smallest absolute Gasteiger partial charge is 0.416 e. The first-order chi connectivity index (χ1) is 16.7. The Hall–Kier alpha value is -3.36. The molecule has 2 aromatic carbocycles. The number of ether oxygens (including phenoxy) is 1. The normalized spacial score (nSPS) is 15.4. The van der Waals surface area contributed by atoms with E-state index in [-0.39, 0.29) is 43.1 Å². The summed E-state index contributed by atoms with van der Waals surface area (Å²) >= 11 is 0. The van der Waals surface area contributed by atoms with Crippen molar-refractivity contribution < 1.29 is 32.3 Å². The van der Waals surface area contributed by atoms with Crippen molar-refractivity contribution in [3.63, 3.8) is 0 Å². The average Bonchev–Trinajstić information content (AvgIpc) is 2.87. The highest BCUT2D eigenvalue weighted by molar-refractivity contribution is 5.94. The summed E-state index contributed by atoms with van der Waals surface area (Å²) in [6.07, 6.45) is -2.11. The number of benzene rings is 2. The third kappa shape index (κ3) is 7.31. The fourth-order valence-electron chi connectivity index (χ4n) is 4.09. The molecule has 0 spiro atoms. The Bertz CT molecular complexity index is 1000. The SMILES string of the molecule is CCCC(NC(=O)COC(=O)C1CCN(C(=O)c2ccc(C(F)(F)F)cc2)CC1)c1ccccc1. The number of nitrogens with zero attached hydrogens (tertiary/aromatic N) is 1. The number of nitrogens with one attached hydrogen (secondary N) is 1. The Morgan fingerprint density at radius 1 is 1.03 bits per heavy atom. The van der Waals surface area contributed by atoms with Gasteiger partial charge in [0.25, 0.3) is 11.8 Å². The summed E-state index contributed by atoms with van der Waals surface area (Å²) in [4.78, 5) is 38.9. The van der Waals surface area contributed by atoms with Gasteiger partial charge in [-0.2, -0.15) is 13.2 Å². The number of alkyl halides is 3. The van der Waals surface area contributed by atoms with Gasteiger partial charge in [-0.1, -0.05) is 43.7 Å². The topological polar surface area (TPSA) is 75.7 Å². The Morgan fingerprint density at radius 3 is 2.23 bits per heavy atom. The van der Waals surface area contributed by atoms with Crippen LogP contribution in [0.15, 0.2) is 54.6 Å². The molecule has 9 heteroatoms. The minimum atomic E-state index is -4.46. The van der Waals surface area contributed by atoms with Crippen LogP contribution in [-0.2, 0) is 20.5 Å². The standard InChI is InChI=1S/C26H29F3N2O4/c1-2-6-22(18-7-4-3-5-8-18)30-23(32)17-35-25(34)20-13-15-31(16-14-20)24(33)19-9-11-21(12-10-19)26(27,28)29/h3-5,7-12,20,22H,2,6,13-17H2,1H3,(H,30,32). The highest BCUT2D eigenvalue weighted by Gasteiger charge is 2.32. The number of carbonyl (C=O) groups excluding carboxylic acids is 3. The Balaban J connectivity index is 1.45. The van der Waals surface area contributed by atoms with Crippen LogP contribution in [0.4, 0.5) is 13.2 Å². The van der Waals surface area contributed by atoms with E-state index in [4.69, 9.17) is 4.74 Å². The summed E-state index contributed by atoms with van der Waals surface area (Å²) in [5.41, 5.74) is 0.333. The van der Waals surface area contributed by atoms with Crippen LogP contribution in [0.5, 0.6) is 0 Å². The minimum absolute atomic E-state index is 0.160. The van der Waals surface area contributed by atoms with E-state index >= 15 is 0 Å². The molecule has 2 aromatic rings. The van der Waals surface area contributed by atoms with Gasteiger partial charge in [0.2, 0.25) is 0 Å². The van der Waals surface area contributed by atoms with Crippen molar-refractivity contribution in [2.45, 2.75) is 44.8 Å². The molecule has 1 unspecified atom stereocenters. The van der Waals surface area contributed by atoms with Crippen LogP contribution in [0.2, 0.25) is 0 Å². The second-order valence-electron chi connectivity index (χ2n) is 8.57. The van der Waals surface area contributed by atoms with Crippen LogP contribution in [0, 0.1) is 5.92 Å².